The molecule has 5 heteroatoms. The summed E-state index contributed by atoms with van der Waals surface area (Å²) < 4.78 is 0. The number of benzene rings is 1. The number of carbonyl (C=O) groups excluding carboxylic acids is 1. The Kier molecular flexibility index (Phi) is 5.83. The highest BCUT2D eigenvalue weighted by molar-refractivity contribution is 6.31. The van der Waals surface area contributed by atoms with E-state index in [2.05, 4.69) is 15.5 Å². The van der Waals surface area contributed by atoms with Crippen molar-refractivity contribution in [2.75, 3.05) is 39.3 Å². The lowest BCUT2D eigenvalue weighted by Crippen LogP contribution is -2.44. The van der Waals surface area contributed by atoms with Crippen molar-refractivity contribution < 1.29 is 4.79 Å². The molecule has 1 heterocycles. The van der Waals surface area contributed by atoms with Crippen LogP contribution < -0.4 is 10.6 Å². The molecule has 110 valence electrons. The molecule has 1 aromatic rings. The summed E-state index contributed by atoms with van der Waals surface area (Å²) in [5.74, 6) is -0.0231. The molecule has 0 unspecified atom stereocenters. The first kappa shape index (κ1) is 15.3. The van der Waals surface area contributed by atoms with E-state index in [4.69, 9.17) is 11.6 Å². The lowest BCUT2D eigenvalue weighted by Gasteiger charge is -2.27. The average Bonchev–Trinajstić information content (AvgIpc) is 2.47. The molecule has 0 radical (unpaired) electrons. The zero-order valence-electron chi connectivity index (χ0n) is 11.9. The van der Waals surface area contributed by atoms with Gasteiger partial charge in [0.25, 0.3) is 5.91 Å². The Morgan fingerprint density at radius 3 is 2.85 bits per heavy atom. The van der Waals surface area contributed by atoms with Crippen LogP contribution in [0.1, 0.15) is 22.3 Å². The maximum Gasteiger partial charge on any atom is 0.251 e. The molecular formula is C15H22ClN3O. The van der Waals surface area contributed by atoms with Crippen LogP contribution in [0, 0.1) is 6.92 Å². The molecule has 0 atom stereocenters. The third kappa shape index (κ3) is 4.47. The molecule has 0 saturated carbocycles. The normalized spacial score (nSPS) is 16.1. The van der Waals surface area contributed by atoms with E-state index >= 15 is 0 Å². The van der Waals surface area contributed by atoms with Crippen molar-refractivity contribution in [1.82, 2.24) is 15.5 Å². The quantitative estimate of drug-likeness (QED) is 0.812. The predicted octanol–water partition coefficient (Wildman–Crippen LogP) is 1.67. The van der Waals surface area contributed by atoms with Gasteiger partial charge in [-0.05, 0) is 43.7 Å². The number of hydrogen-bond donors (Lipinski definition) is 2. The smallest absolute Gasteiger partial charge is 0.251 e. The number of aryl methyl sites for hydroxylation is 1. The van der Waals surface area contributed by atoms with Crippen LogP contribution in [0.15, 0.2) is 18.2 Å². The van der Waals surface area contributed by atoms with Gasteiger partial charge >= 0.3 is 0 Å². The fourth-order valence-corrected chi connectivity index (χ4v) is 2.44. The molecule has 1 aromatic carbocycles. The van der Waals surface area contributed by atoms with E-state index in [9.17, 15) is 4.79 Å². The maximum atomic E-state index is 12.0. The van der Waals surface area contributed by atoms with Crippen molar-refractivity contribution in [3.63, 3.8) is 0 Å². The number of hydrogen-bond acceptors (Lipinski definition) is 3. The molecule has 4 nitrogen and oxygen atoms in total. The van der Waals surface area contributed by atoms with Crippen LogP contribution in [0.3, 0.4) is 0 Å². The molecule has 0 aliphatic carbocycles. The Morgan fingerprint density at radius 2 is 2.15 bits per heavy atom. The van der Waals surface area contributed by atoms with E-state index in [1.807, 2.05) is 13.0 Å². The van der Waals surface area contributed by atoms with Crippen LogP contribution in [0.25, 0.3) is 0 Å². The van der Waals surface area contributed by atoms with Crippen LogP contribution in [-0.4, -0.2) is 50.1 Å². The summed E-state index contributed by atoms with van der Waals surface area (Å²) in [7, 11) is 0. The van der Waals surface area contributed by atoms with Gasteiger partial charge in [0.2, 0.25) is 0 Å². The van der Waals surface area contributed by atoms with Gasteiger partial charge in [0.05, 0.1) is 0 Å². The van der Waals surface area contributed by atoms with Crippen molar-refractivity contribution >= 4 is 17.5 Å². The van der Waals surface area contributed by atoms with Gasteiger partial charge in [-0.15, -0.1) is 0 Å². The van der Waals surface area contributed by atoms with Crippen LogP contribution in [-0.2, 0) is 0 Å². The molecular weight excluding hydrogens is 274 g/mol. The van der Waals surface area contributed by atoms with Gasteiger partial charge in [-0.2, -0.15) is 0 Å². The third-order valence-corrected chi connectivity index (χ3v) is 3.99. The highest BCUT2D eigenvalue weighted by atomic mass is 35.5. The monoisotopic (exact) mass is 295 g/mol. The summed E-state index contributed by atoms with van der Waals surface area (Å²) in [6.45, 7) is 8.00. The Labute approximate surface area is 125 Å². The van der Waals surface area contributed by atoms with E-state index in [1.54, 1.807) is 12.1 Å². The highest BCUT2D eigenvalue weighted by Gasteiger charge is 2.09. The third-order valence-electron chi connectivity index (χ3n) is 3.57. The van der Waals surface area contributed by atoms with Crippen molar-refractivity contribution in [1.29, 1.82) is 0 Å². The summed E-state index contributed by atoms with van der Waals surface area (Å²) in [5, 5.41) is 6.99. The first-order valence-corrected chi connectivity index (χ1v) is 7.52. The van der Waals surface area contributed by atoms with Crippen molar-refractivity contribution in [3.05, 3.63) is 34.3 Å². The van der Waals surface area contributed by atoms with Crippen molar-refractivity contribution in [2.24, 2.45) is 0 Å². The van der Waals surface area contributed by atoms with Gasteiger partial charge < -0.3 is 15.5 Å². The minimum atomic E-state index is -0.0231. The number of halogens is 1. The number of amides is 1. The minimum Gasteiger partial charge on any atom is -0.352 e. The van der Waals surface area contributed by atoms with Crippen LogP contribution in [0.5, 0.6) is 0 Å². The molecule has 20 heavy (non-hydrogen) atoms. The fraction of sp³-hybridized carbons (Fsp3) is 0.533. The Bertz CT molecular complexity index is 458. The lowest BCUT2D eigenvalue weighted by atomic mass is 10.1. The second-order valence-corrected chi connectivity index (χ2v) is 5.57. The SMILES string of the molecule is Cc1cc(C(=O)NCCCN2CCNCC2)ccc1Cl. The fourth-order valence-electron chi connectivity index (χ4n) is 2.33. The second-order valence-electron chi connectivity index (χ2n) is 5.17. The molecule has 0 spiro atoms. The zero-order chi connectivity index (χ0) is 14.4. The maximum absolute atomic E-state index is 12.0. The number of nitrogens with one attached hydrogen (secondary N) is 2. The van der Waals surface area contributed by atoms with Crippen molar-refractivity contribution in [2.45, 2.75) is 13.3 Å². The average molecular weight is 296 g/mol. The summed E-state index contributed by atoms with van der Waals surface area (Å²) in [6.07, 6.45) is 0.984. The van der Waals surface area contributed by atoms with Crippen LogP contribution >= 0.6 is 11.6 Å². The molecule has 1 aliphatic rings. The van der Waals surface area contributed by atoms with Gasteiger partial charge in [-0.3, -0.25) is 4.79 Å². The molecule has 1 aliphatic heterocycles. The molecule has 1 amide bonds. The lowest BCUT2D eigenvalue weighted by molar-refractivity contribution is 0.0951. The number of rotatable bonds is 5. The van der Waals surface area contributed by atoms with E-state index in [0.29, 0.717) is 17.1 Å². The molecule has 1 saturated heterocycles. The van der Waals surface area contributed by atoms with Gasteiger partial charge in [0.1, 0.15) is 0 Å². The highest BCUT2D eigenvalue weighted by Crippen LogP contribution is 2.16. The largest absolute Gasteiger partial charge is 0.352 e. The topological polar surface area (TPSA) is 44.4 Å². The zero-order valence-corrected chi connectivity index (χ0v) is 12.7. The summed E-state index contributed by atoms with van der Waals surface area (Å²) in [5.41, 5.74) is 1.61. The van der Waals surface area contributed by atoms with Gasteiger partial charge in [-0.1, -0.05) is 11.6 Å². The van der Waals surface area contributed by atoms with E-state index in [1.165, 1.54) is 0 Å². The molecule has 0 bridgehead atoms. The molecule has 1 fully saturated rings. The Hall–Kier alpha value is -1.10. The second kappa shape index (κ2) is 7.62. The molecule has 2 N–H and O–H groups in total. The van der Waals surface area contributed by atoms with E-state index < -0.39 is 0 Å². The first-order chi connectivity index (χ1) is 9.66. The van der Waals surface area contributed by atoms with Crippen LogP contribution in [0.2, 0.25) is 5.02 Å². The number of nitrogens with zero attached hydrogens (tertiary/aromatic N) is 1. The summed E-state index contributed by atoms with van der Waals surface area (Å²) >= 11 is 5.96. The number of carbonyl (C=O) groups is 1. The number of piperazine rings is 1. The Morgan fingerprint density at radius 1 is 1.40 bits per heavy atom. The van der Waals surface area contributed by atoms with Gasteiger partial charge in [-0.25, -0.2) is 0 Å². The summed E-state index contributed by atoms with van der Waals surface area (Å²) in [4.78, 5) is 14.4. The summed E-state index contributed by atoms with van der Waals surface area (Å²) in [6, 6.07) is 5.36. The van der Waals surface area contributed by atoms with Crippen LogP contribution in [0.4, 0.5) is 0 Å². The van der Waals surface area contributed by atoms with E-state index in [0.717, 1.165) is 44.7 Å². The minimum absolute atomic E-state index is 0.0231. The van der Waals surface area contributed by atoms with Gasteiger partial charge in [0.15, 0.2) is 0 Å². The molecule has 2 rings (SSSR count). The van der Waals surface area contributed by atoms with E-state index in [-0.39, 0.29) is 5.91 Å². The predicted molar refractivity (Wildman–Crippen MR) is 82.4 cm³/mol. The molecule has 0 aromatic heterocycles. The Balaban J connectivity index is 1.70. The van der Waals surface area contributed by atoms with Crippen molar-refractivity contribution in [3.8, 4) is 0 Å². The standard InChI is InChI=1S/C15H22ClN3O/c1-12-11-13(3-4-14(12)16)15(20)18-5-2-8-19-9-6-17-7-10-19/h3-4,11,17H,2,5-10H2,1H3,(H,18,20). The first-order valence-electron chi connectivity index (χ1n) is 7.14. The van der Waals surface area contributed by atoms with Gasteiger partial charge in [0, 0.05) is 43.3 Å².